The molecule has 3 aromatic rings. The predicted molar refractivity (Wildman–Crippen MR) is 132 cm³/mol. The number of halogens is 1. The fourth-order valence-corrected chi connectivity index (χ4v) is 6.36. The van der Waals surface area contributed by atoms with E-state index in [1.807, 2.05) is 24.3 Å². The number of hydrogen-bond acceptors (Lipinski definition) is 7. The molecule has 1 aromatic heterocycles. The van der Waals surface area contributed by atoms with E-state index < -0.39 is 10.0 Å². The van der Waals surface area contributed by atoms with Crippen molar-refractivity contribution < 1.29 is 17.9 Å². The number of carbonyl (C=O) groups is 1. The van der Waals surface area contributed by atoms with Gasteiger partial charge in [-0.2, -0.15) is 0 Å². The van der Waals surface area contributed by atoms with E-state index in [1.165, 1.54) is 29.7 Å². The maximum absolute atomic E-state index is 13.4. The van der Waals surface area contributed by atoms with Crippen molar-refractivity contribution in [2.45, 2.75) is 23.4 Å². The largest absolute Gasteiger partial charge is 0.378 e. The van der Waals surface area contributed by atoms with Crippen LogP contribution >= 0.6 is 22.9 Å². The number of nitrogens with zero attached hydrogens (tertiary/aromatic N) is 3. The van der Waals surface area contributed by atoms with Gasteiger partial charge in [0.25, 0.3) is 10.0 Å². The molecule has 0 saturated carbocycles. The van der Waals surface area contributed by atoms with Crippen molar-refractivity contribution in [2.24, 2.45) is 0 Å². The Morgan fingerprint density at radius 2 is 1.82 bits per heavy atom. The van der Waals surface area contributed by atoms with Crippen molar-refractivity contribution >= 4 is 49.7 Å². The van der Waals surface area contributed by atoms with Gasteiger partial charge in [-0.1, -0.05) is 23.7 Å². The lowest BCUT2D eigenvalue weighted by molar-refractivity contribution is -0.125. The minimum Gasteiger partial charge on any atom is -0.378 e. The standard InChI is InChI=1S/C23H23ClN4O4S2/c24-17-3-1-16(2-4-17)21-15-32-13-12-28(21)20-9-11-27(22(20)29)18-5-7-19(8-6-18)34(30,31)26-23-25-10-14-33-23/h1-8,10,14,20-21H,9,11-13,15H2,(H,25,26)/t20-,21?/m1/s1. The summed E-state index contributed by atoms with van der Waals surface area (Å²) in [7, 11) is -3.74. The Kier molecular flexibility index (Phi) is 6.59. The molecule has 2 saturated heterocycles. The normalized spacial score (nSPS) is 21.7. The number of amides is 1. The molecular weight excluding hydrogens is 496 g/mol. The van der Waals surface area contributed by atoms with Crippen LogP contribution in [0, 0.1) is 0 Å². The second-order valence-electron chi connectivity index (χ2n) is 8.11. The van der Waals surface area contributed by atoms with E-state index in [9.17, 15) is 13.2 Å². The Labute approximate surface area is 207 Å². The van der Waals surface area contributed by atoms with Gasteiger partial charge in [-0.25, -0.2) is 13.4 Å². The van der Waals surface area contributed by atoms with E-state index in [0.29, 0.717) is 48.6 Å². The highest BCUT2D eigenvalue weighted by Crippen LogP contribution is 2.33. The summed E-state index contributed by atoms with van der Waals surface area (Å²) in [6.07, 6.45) is 2.22. The van der Waals surface area contributed by atoms with E-state index in [0.717, 1.165) is 5.56 Å². The second kappa shape index (κ2) is 9.63. The molecule has 178 valence electrons. The van der Waals surface area contributed by atoms with Gasteiger partial charge in [0.2, 0.25) is 5.91 Å². The van der Waals surface area contributed by atoms with Crippen LogP contribution in [0.4, 0.5) is 10.8 Å². The Bertz CT molecular complexity index is 1250. The van der Waals surface area contributed by atoms with Crippen molar-refractivity contribution in [2.75, 3.05) is 35.9 Å². The molecule has 2 fully saturated rings. The predicted octanol–water partition coefficient (Wildman–Crippen LogP) is 3.78. The van der Waals surface area contributed by atoms with Gasteiger partial charge >= 0.3 is 0 Å². The first-order chi connectivity index (χ1) is 16.4. The van der Waals surface area contributed by atoms with E-state index >= 15 is 0 Å². The number of nitrogens with one attached hydrogen (secondary N) is 1. The minimum absolute atomic E-state index is 0.0115. The molecule has 0 aliphatic carbocycles. The van der Waals surface area contributed by atoms with Crippen molar-refractivity contribution in [3.63, 3.8) is 0 Å². The topological polar surface area (TPSA) is 91.8 Å². The highest BCUT2D eigenvalue weighted by molar-refractivity contribution is 7.93. The number of hydrogen-bond donors (Lipinski definition) is 1. The number of aromatic nitrogens is 1. The summed E-state index contributed by atoms with van der Waals surface area (Å²) in [5.74, 6) is 0.0115. The average molecular weight is 519 g/mol. The van der Waals surface area contributed by atoms with Gasteiger partial charge in [0.05, 0.1) is 30.2 Å². The van der Waals surface area contributed by atoms with Gasteiger partial charge in [0.1, 0.15) is 0 Å². The van der Waals surface area contributed by atoms with Crippen LogP contribution in [-0.4, -0.2) is 56.6 Å². The molecule has 2 aliphatic heterocycles. The third-order valence-corrected chi connectivity index (χ3v) is 8.54. The minimum atomic E-state index is -3.74. The van der Waals surface area contributed by atoms with E-state index in [2.05, 4.69) is 14.6 Å². The average Bonchev–Trinajstić information content (AvgIpc) is 3.49. The first-order valence-electron chi connectivity index (χ1n) is 10.8. The van der Waals surface area contributed by atoms with Crippen molar-refractivity contribution in [3.05, 3.63) is 70.7 Å². The van der Waals surface area contributed by atoms with Gasteiger partial charge in [0, 0.05) is 35.4 Å². The van der Waals surface area contributed by atoms with Crippen LogP contribution in [0.2, 0.25) is 5.02 Å². The zero-order chi connectivity index (χ0) is 23.7. The molecule has 0 radical (unpaired) electrons. The van der Waals surface area contributed by atoms with Crippen LogP contribution in [0.3, 0.4) is 0 Å². The Balaban J connectivity index is 1.31. The molecule has 1 N–H and O–H groups in total. The van der Waals surface area contributed by atoms with Gasteiger partial charge in [-0.05, 0) is 48.4 Å². The molecule has 34 heavy (non-hydrogen) atoms. The molecule has 11 heteroatoms. The molecule has 2 aromatic carbocycles. The third kappa shape index (κ3) is 4.69. The van der Waals surface area contributed by atoms with E-state index in [-0.39, 0.29) is 22.9 Å². The van der Waals surface area contributed by atoms with Crippen LogP contribution in [0.15, 0.2) is 65.0 Å². The number of ether oxygens (including phenoxy) is 1. The molecule has 1 amide bonds. The molecule has 8 nitrogen and oxygen atoms in total. The number of sulfonamides is 1. The van der Waals surface area contributed by atoms with Crippen molar-refractivity contribution in [1.82, 2.24) is 9.88 Å². The Morgan fingerprint density at radius 3 is 2.53 bits per heavy atom. The molecule has 1 unspecified atom stereocenters. The maximum atomic E-state index is 13.4. The van der Waals surface area contributed by atoms with Crippen LogP contribution in [0.5, 0.6) is 0 Å². The highest BCUT2D eigenvalue weighted by Gasteiger charge is 2.41. The summed E-state index contributed by atoms with van der Waals surface area (Å²) in [4.78, 5) is 21.4. The lowest BCUT2D eigenvalue weighted by Gasteiger charge is -2.39. The molecule has 0 bridgehead atoms. The first-order valence-corrected chi connectivity index (χ1v) is 13.6. The van der Waals surface area contributed by atoms with Crippen molar-refractivity contribution in [3.8, 4) is 0 Å². The number of benzene rings is 2. The Hall–Kier alpha value is -2.50. The number of anilines is 2. The molecule has 3 heterocycles. The Morgan fingerprint density at radius 1 is 1.06 bits per heavy atom. The van der Waals surface area contributed by atoms with Crippen LogP contribution < -0.4 is 9.62 Å². The second-order valence-corrected chi connectivity index (χ2v) is 11.1. The quantitative estimate of drug-likeness (QED) is 0.534. The highest BCUT2D eigenvalue weighted by atomic mass is 35.5. The summed E-state index contributed by atoms with van der Waals surface area (Å²) >= 11 is 7.26. The van der Waals surface area contributed by atoms with E-state index in [4.69, 9.17) is 16.3 Å². The zero-order valence-corrected chi connectivity index (χ0v) is 20.5. The lowest BCUT2D eigenvalue weighted by atomic mass is 10.0. The van der Waals surface area contributed by atoms with E-state index in [1.54, 1.807) is 22.4 Å². The summed E-state index contributed by atoms with van der Waals surface area (Å²) in [6, 6.07) is 13.7. The number of rotatable bonds is 6. The zero-order valence-electron chi connectivity index (χ0n) is 18.1. The van der Waals surface area contributed by atoms with Crippen LogP contribution in [-0.2, 0) is 19.6 Å². The molecule has 2 atom stereocenters. The summed E-state index contributed by atoms with van der Waals surface area (Å²) < 4.78 is 33.4. The first kappa shape index (κ1) is 23.3. The smallest absolute Gasteiger partial charge is 0.263 e. The number of morpholine rings is 1. The van der Waals surface area contributed by atoms with Crippen LogP contribution in [0.1, 0.15) is 18.0 Å². The van der Waals surface area contributed by atoms with Gasteiger partial charge in [-0.15, -0.1) is 11.3 Å². The lowest BCUT2D eigenvalue weighted by Crippen LogP contribution is -2.49. The van der Waals surface area contributed by atoms with Gasteiger partial charge < -0.3 is 9.64 Å². The fourth-order valence-electron chi connectivity index (χ4n) is 4.44. The number of carbonyl (C=O) groups excluding carboxylic acids is 1. The van der Waals surface area contributed by atoms with Crippen molar-refractivity contribution in [1.29, 1.82) is 0 Å². The third-order valence-electron chi connectivity index (χ3n) is 6.11. The monoisotopic (exact) mass is 518 g/mol. The molecular formula is C23H23ClN4O4S2. The fraction of sp³-hybridized carbons (Fsp3) is 0.304. The number of thiazole rings is 1. The summed E-state index contributed by atoms with van der Waals surface area (Å²) in [6.45, 7) is 2.32. The summed E-state index contributed by atoms with van der Waals surface area (Å²) in [5.41, 5.74) is 1.75. The maximum Gasteiger partial charge on any atom is 0.263 e. The summed E-state index contributed by atoms with van der Waals surface area (Å²) in [5, 5.41) is 2.67. The van der Waals surface area contributed by atoms with Crippen LogP contribution in [0.25, 0.3) is 0 Å². The molecule has 0 spiro atoms. The van der Waals surface area contributed by atoms with Gasteiger partial charge in [-0.3, -0.25) is 14.4 Å². The van der Waals surface area contributed by atoms with Gasteiger partial charge in [0.15, 0.2) is 5.13 Å². The molecule has 2 aliphatic rings. The SMILES string of the molecule is O=C1[C@H](N2CCOCC2c2ccc(Cl)cc2)CCN1c1ccc(S(=O)(=O)Nc2nccs2)cc1. The molecule has 5 rings (SSSR count).